The lowest BCUT2D eigenvalue weighted by Gasteiger charge is -2.18. The zero-order valence-electron chi connectivity index (χ0n) is 47.4. The van der Waals surface area contributed by atoms with E-state index < -0.39 is 6.10 Å². The van der Waals surface area contributed by atoms with Crippen molar-refractivity contribution in [2.45, 2.75) is 271 Å². The summed E-state index contributed by atoms with van der Waals surface area (Å²) in [6.45, 7) is 6.47. The molecule has 0 saturated heterocycles. The van der Waals surface area contributed by atoms with Gasteiger partial charge in [0.25, 0.3) is 0 Å². The number of allylic oxidation sites excluding steroid dienone is 20. The van der Waals surface area contributed by atoms with Gasteiger partial charge < -0.3 is 14.2 Å². The van der Waals surface area contributed by atoms with Gasteiger partial charge in [0.2, 0.25) is 0 Å². The minimum Gasteiger partial charge on any atom is -0.462 e. The molecule has 0 aromatic carbocycles. The van der Waals surface area contributed by atoms with Crippen LogP contribution in [0.1, 0.15) is 265 Å². The predicted octanol–water partition coefficient (Wildman–Crippen LogP) is 20.4. The lowest BCUT2D eigenvalue weighted by Crippen LogP contribution is -2.30. The van der Waals surface area contributed by atoms with Crippen molar-refractivity contribution in [2.75, 3.05) is 13.2 Å². The van der Waals surface area contributed by atoms with Gasteiger partial charge in [0.1, 0.15) is 13.2 Å². The Labute approximate surface area is 450 Å². The van der Waals surface area contributed by atoms with Crippen LogP contribution >= 0.6 is 0 Å². The summed E-state index contributed by atoms with van der Waals surface area (Å²) >= 11 is 0. The molecule has 0 saturated carbocycles. The maximum atomic E-state index is 12.9. The van der Waals surface area contributed by atoms with Crippen molar-refractivity contribution in [3.8, 4) is 0 Å². The third-order valence-electron chi connectivity index (χ3n) is 12.4. The number of hydrogen-bond donors (Lipinski definition) is 0. The Kier molecular flexibility index (Phi) is 56.9. The molecule has 1 atom stereocenters. The van der Waals surface area contributed by atoms with Gasteiger partial charge in [-0.25, -0.2) is 0 Å². The minimum absolute atomic E-state index is 0.126. The average Bonchev–Trinajstić information content (AvgIpc) is 3.39. The molecule has 6 nitrogen and oxygen atoms in total. The van der Waals surface area contributed by atoms with Crippen molar-refractivity contribution in [3.63, 3.8) is 0 Å². The van der Waals surface area contributed by atoms with Gasteiger partial charge in [-0.15, -0.1) is 0 Å². The van der Waals surface area contributed by atoms with E-state index in [-0.39, 0.29) is 44.0 Å². The molecule has 0 aliphatic heterocycles. The van der Waals surface area contributed by atoms with E-state index in [0.29, 0.717) is 19.3 Å². The average molecular weight is 1010 g/mol. The summed E-state index contributed by atoms with van der Waals surface area (Å²) in [7, 11) is 0. The Morgan fingerprint density at radius 2 is 0.534 bits per heavy atom. The lowest BCUT2D eigenvalue weighted by molar-refractivity contribution is -0.166. The molecule has 0 aliphatic carbocycles. The summed E-state index contributed by atoms with van der Waals surface area (Å²) in [5.41, 5.74) is 0. The van der Waals surface area contributed by atoms with Gasteiger partial charge in [0.05, 0.1) is 0 Å². The van der Waals surface area contributed by atoms with Gasteiger partial charge in [-0.3, -0.25) is 14.4 Å². The first kappa shape index (κ1) is 68.8. The fourth-order valence-electron chi connectivity index (χ4n) is 7.88. The highest BCUT2D eigenvalue weighted by molar-refractivity contribution is 5.71. The second-order valence-electron chi connectivity index (χ2n) is 19.5. The second kappa shape index (κ2) is 60.4. The number of hydrogen-bond acceptors (Lipinski definition) is 6. The van der Waals surface area contributed by atoms with Crippen molar-refractivity contribution in [2.24, 2.45) is 0 Å². The van der Waals surface area contributed by atoms with Crippen LogP contribution in [0.15, 0.2) is 122 Å². The van der Waals surface area contributed by atoms with Gasteiger partial charge in [0, 0.05) is 19.3 Å². The molecule has 0 aromatic rings. The van der Waals surface area contributed by atoms with Crippen LogP contribution in [0.5, 0.6) is 0 Å². The third kappa shape index (κ3) is 58.6. The van der Waals surface area contributed by atoms with Crippen LogP contribution in [-0.2, 0) is 28.6 Å². The molecular formula is C67H110O6. The molecule has 0 heterocycles. The summed E-state index contributed by atoms with van der Waals surface area (Å²) in [5, 5.41) is 0. The number of esters is 3. The van der Waals surface area contributed by atoms with Crippen LogP contribution in [0.2, 0.25) is 0 Å². The number of carbonyl (C=O) groups excluding carboxylic acids is 3. The normalized spacial score (nSPS) is 13.0. The van der Waals surface area contributed by atoms with Crippen LogP contribution in [0, 0.1) is 0 Å². The van der Waals surface area contributed by atoms with Gasteiger partial charge in [0.15, 0.2) is 6.10 Å². The molecule has 6 heteroatoms. The Morgan fingerprint density at radius 3 is 0.918 bits per heavy atom. The van der Waals surface area contributed by atoms with Crippen molar-refractivity contribution in [3.05, 3.63) is 122 Å². The highest BCUT2D eigenvalue weighted by Gasteiger charge is 2.19. The van der Waals surface area contributed by atoms with Crippen molar-refractivity contribution < 1.29 is 28.6 Å². The molecule has 0 aromatic heterocycles. The van der Waals surface area contributed by atoms with Gasteiger partial charge >= 0.3 is 17.9 Å². The van der Waals surface area contributed by atoms with E-state index in [1.165, 1.54) is 141 Å². The fourth-order valence-corrected chi connectivity index (χ4v) is 7.88. The summed E-state index contributed by atoms with van der Waals surface area (Å²) in [5.74, 6) is -1.07. The summed E-state index contributed by atoms with van der Waals surface area (Å²) in [6, 6.07) is 0. The van der Waals surface area contributed by atoms with Crippen LogP contribution in [0.3, 0.4) is 0 Å². The molecule has 0 bridgehead atoms. The maximum Gasteiger partial charge on any atom is 0.306 e. The molecule has 0 rings (SSSR count). The SMILES string of the molecule is CCCCC/C=C\C/C=C\C/C=C\C/C=C\C/C=C\CCC(=O)OC[C@H](COC(=O)CCCCCCCCCCC/C=C\C/C=C\CCCCC)OC(=O)CCC/C=C\C/C=C\C/C=C\CCCCCCCC. The smallest absolute Gasteiger partial charge is 0.306 e. The van der Waals surface area contributed by atoms with Gasteiger partial charge in [-0.2, -0.15) is 0 Å². The minimum atomic E-state index is -0.841. The standard InChI is InChI=1S/C67H110O6/c1-4-7-10-13-16-19-22-25-28-31-33-36-38-41-44-47-50-53-56-59-65(68)71-62-64(73-67(70)61-58-55-52-49-46-43-40-35-30-27-24-21-18-15-12-9-6-3)63-72-66(69)60-57-54-51-48-45-42-39-37-34-32-29-26-23-20-17-14-11-8-5-2/h16-17,19-20,25-30,33,36,40-41,43-44,49-50,52-53,64H,4-15,18,21-24,31-32,34-35,37-39,42,45-48,51,54-63H2,1-3H3/b19-16-,20-17-,28-25-,29-26-,30-27-,36-33-,43-40-,44-41-,52-49-,53-50-/t64-/m1/s1. The molecule has 0 spiro atoms. The quantitative estimate of drug-likeness (QED) is 0.0261. The molecule has 0 N–H and O–H groups in total. The molecule has 414 valence electrons. The zero-order chi connectivity index (χ0) is 52.9. The Hall–Kier alpha value is -4.19. The van der Waals surface area contributed by atoms with Crippen molar-refractivity contribution in [1.29, 1.82) is 0 Å². The summed E-state index contributed by atoms with van der Waals surface area (Å²) in [6.07, 6.45) is 83.5. The maximum absolute atomic E-state index is 12.9. The number of rotatable bonds is 53. The van der Waals surface area contributed by atoms with E-state index >= 15 is 0 Å². The highest BCUT2D eigenvalue weighted by atomic mass is 16.6. The zero-order valence-corrected chi connectivity index (χ0v) is 47.4. The largest absolute Gasteiger partial charge is 0.462 e. The van der Waals surface area contributed by atoms with E-state index in [9.17, 15) is 14.4 Å². The molecule has 0 radical (unpaired) electrons. The van der Waals surface area contributed by atoms with Crippen molar-refractivity contribution >= 4 is 17.9 Å². The first-order valence-corrected chi connectivity index (χ1v) is 30.0. The van der Waals surface area contributed by atoms with Crippen LogP contribution in [-0.4, -0.2) is 37.2 Å². The second-order valence-corrected chi connectivity index (χ2v) is 19.5. The molecule has 0 fully saturated rings. The van der Waals surface area contributed by atoms with E-state index in [4.69, 9.17) is 14.2 Å². The first-order chi connectivity index (χ1) is 36.0. The molecule has 0 amide bonds. The molecular weight excluding hydrogens is 901 g/mol. The Morgan fingerprint density at radius 1 is 0.274 bits per heavy atom. The predicted molar refractivity (Wildman–Crippen MR) is 316 cm³/mol. The number of ether oxygens (including phenoxy) is 3. The van der Waals surface area contributed by atoms with Gasteiger partial charge in [-0.05, 0) is 122 Å². The van der Waals surface area contributed by atoms with Gasteiger partial charge in [-0.1, -0.05) is 245 Å². The third-order valence-corrected chi connectivity index (χ3v) is 12.4. The van der Waals surface area contributed by atoms with E-state index in [1.54, 1.807) is 0 Å². The lowest BCUT2D eigenvalue weighted by atomic mass is 10.1. The van der Waals surface area contributed by atoms with Crippen molar-refractivity contribution in [1.82, 2.24) is 0 Å². The number of unbranched alkanes of at least 4 members (excludes halogenated alkanes) is 22. The summed E-state index contributed by atoms with van der Waals surface area (Å²) < 4.78 is 16.8. The molecule has 0 unspecified atom stereocenters. The monoisotopic (exact) mass is 1010 g/mol. The van der Waals surface area contributed by atoms with E-state index in [0.717, 1.165) is 70.6 Å². The fraction of sp³-hybridized carbons (Fsp3) is 0.657. The Bertz CT molecular complexity index is 1540. The number of carbonyl (C=O) groups is 3. The summed E-state index contributed by atoms with van der Waals surface area (Å²) in [4.78, 5) is 38.2. The Balaban J connectivity index is 4.57. The highest BCUT2D eigenvalue weighted by Crippen LogP contribution is 2.14. The van der Waals surface area contributed by atoms with Crippen LogP contribution < -0.4 is 0 Å². The van der Waals surface area contributed by atoms with E-state index in [1.807, 2.05) is 6.08 Å². The molecule has 73 heavy (non-hydrogen) atoms. The first-order valence-electron chi connectivity index (χ1n) is 30.0. The van der Waals surface area contributed by atoms with Crippen LogP contribution in [0.25, 0.3) is 0 Å². The topological polar surface area (TPSA) is 78.9 Å². The van der Waals surface area contributed by atoms with Crippen LogP contribution in [0.4, 0.5) is 0 Å². The molecule has 0 aliphatic rings. The van der Waals surface area contributed by atoms with E-state index in [2.05, 4.69) is 136 Å².